The number of aryl methyl sites for hydroxylation is 1. The molecule has 0 aliphatic carbocycles. The van der Waals surface area contributed by atoms with E-state index in [0.717, 1.165) is 19.0 Å². The molecule has 16 heavy (non-hydrogen) atoms. The van der Waals surface area contributed by atoms with Crippen LogP contribution in [0.2, 0.25) is 0 Å². The SMILES string of the molecule is Cc1ccsc1CN1CCC(C)C(CN)C1. The maximum absolute atomic E-state index is 5.84. The number of piperidine rings is 1. The Labute approximate surface area is 102 Å². The van der Waals surface area contributed by atoms with Crippen molar-refractivity contribution in [3.63, 3.8) is 0 Å². The van der Waals surface area contributed by atoms with Gasteiger partial charge in [-0.05, 0) is 55.3 Å². The van der Waals surface area contributed by atoms with E-state index < -0.39 is 0 Å². The summed E-state index contributed by atoms with van der Waals surface area (Å²) in [4.78, 5) is 4.08. The molecule has 2 N–H and O–H groups in total. The number of rotatable bonds is 3. The average molecular weight is 238 g/mol. The number of likely N-dealkylation sites (tertiary alicyclic amines) is 1. The Morgan fingerprint density at radius 2 is 2.38 bits per heavy atom. The van der Waals surface area contributed by atoms with Crippen molar-refractivity contribution in [1.29, 1.82) is 0 Å². The highest BCUT2D eigenvalue weighted by atomic mass is 32.1. The molecule has 1 aliphatic heterocycles. The van der Waals surface area contributed by atoms with E-state index in [9.17, 15) is 0 Å². The van der Waals surface area contributed by atoms with Crippen molar-refractivity contribution in [2.45, 2.75) is 26.8 Å². The standard InChI is InChI=1S/C13H22N2S/c1-10-3-5-15(8-12(10)7-14)9-13-11(2)4-6-16-13/h4,6,10,12H,3,5,7-9,14H2,1-2H3. The second kappa shape index (κ2) is 5.30. The van der Waals surface area contributed by atoms with Crippen LogP contribution in [0.15, 0.2) is 11.4 Å². The molecule has 1 fully saturated rings. The predicted octanol–water partition coefficient (Wildman–Crippen LogP) is 2.47. The van der Waals surface area contributed by atoms with E-state index in [1.807, 2.05) is 11.3 Å². The summed E-state index contributed by atoms with van der Waals surface area (Å²) in [6.45, 7) is 8.90. The molecule has 2 heterocycles. The van der Waals surface area contributed by atoms with Crippen LogP contribution in [0.4, 0.5) is 0 Å². The lowest BCUT2D eigenvalue weighted by molar-refractivity contribution is 0.127. The Kier molecular flexibility index (Phi) is 4.00. The van der Waals surface area contributed by atoms with Gasteiger partial charge >= 0.3 is 0 Å². The molecule has 2 unspecified atom stereocenters. The Morgan fingerprint density at radius 1 is 1.56 bits per heavy atom. The van der Waals surface area contributed by atoms with Gasteiger partial charge in [0, 0.05) is 18.0 Å². The van der Waals surface area contributed by atoms with Gasteiger partial charge < -0.3 is 5.73 Å². The number of hydrogen-bond donors (Lipinski definition) is 1. The summed E-state index contributed by atoms with van der Waals surface area (Å²) in [5.41, 5.74) is 7.27. The molecule has 1 aliphatic rings. The third kappa shape index (κ3) is 2.65. The highest BCUT2D eigenvalue weighted by Crippen LogP contribution is 2.25. The van der Waals surface area contributed by atoms with Crippen molar-refractivity contribution in [2.75, 3.05) is 19.6 Å². The van der Waals surface area contributed by atoms with Gasteiger partial charge in [0.2, 0.25) is 0 Å². The van der Waals surface area contributed by atoms with Gasteiger partial charge in [-0.15, -0.1) is 11.3 Å². The molecule has 3 heteroatoms. The lowest BCUT2D eigenvalue weighted by Gasteiger charge is -2.36. The average Bonchev–Trinajstić information content (AvgIpc) is 2.67. The highest BCUT2D eigenvalue weighted by Gasteiger charge is 2.25. The maximum Gasteiger partial charge on any atom is 0.0330 e. The zero-order valence-electron chi connectivity index (χ0n) is 10.3. The van der Waals surface area contributed by atoms with Crippen LogP contribution in [-0.4, -0.2) is 24.5 Å². The minimum atomic E-state index is 0.689. The molecule has 0 bridgehead atoms. The van der Waals surface area contributed by atoms with Crippen LogP contribution in [0.5, 0.6) is 0 Å². The summed E-state index contributed by atoms with van der Waals surface area (Å²) >= 11 is 1.88. The topological polar surface area (TPSA) is 29.3 Å². The van der Waals surface area contributed by atoms with E-state index in [0.29, 0.717) is 5.92 Å². The molecule has 2 atom stereocenters. The van der Waals surface area contributed by atoms with Gasteiger partial charge in [0.15, 0.2) is 0 Å². The normalized spacial score (nSPS) is 27.2. The lowest BCUT2D eigenvalue weighted by Crippen LogP contribution is -2.42. The molecule has 0 radical (unpaired) electrons. The fourth-order valence-electron chi connectivity index (χ4n) is 2.44. The van der Waals surface area contributed by atoms with Crippen molar-refractivity contribution in [3.8, 4) is 0 Å². The molecule has 1 aromatic heterocycles. The van der Waals surface area contributed by atoms with Crippen molar-refractivity contribution >= 4 is 11.3 Å². The summed E-state index contributed by atoms with van der Waals surface area (Å²) in [6.07, 6.45) is 1.30. The second-order valence-electron chi connectivity index (χ2n) is 5.02. The molecule has 0 aromatic carbocycles. The van der Waals surface area contributed by atoms with E-state index in [4.69, 9.17) is 5.73 Å². The van der Waals surface area contributed by atoms with E-state index in [1.54, 1.807) is 0 Å². The molecule has 0 saturated carbocycles. The second-order valence-corrected chi connectivity index (χ2v) is 6.02. The minimum absolute atomic E-state index is 0.689. The molecular weight excluding hydrogens is 216 g/mol. The minimum Gasteiger partial charge on any atom is -0.330 e. The van der Waals surface area contributed by atoms with Crippen LogP contribution in [0.3, 0.4) is 0 Å². The summed E-state index contributed by atoms with van der Waals surface area (Å²) < 4.78 is 0. The van der Waals surface area contributed by atoms with E-state index >= 15 is 0 Å². The van der Waals surface area contributed by atoms with Crippen LogP contribution in [0.1, 0.15) is 23.8 Å². The molecule has 0 spiro atoms. The monoisotopic (exact) mass is 238 g/mol. The Hall–Kier alpha value is -0.380. The molecule has 1 aromatic rings. The van der Waals surface area contributed by atoms with Crippen molar-refractivity contribution in [3.05, 3.63) is 21.9 Å². The molecule has 0 amide bonds. The van der Waals surface area contributed by atoms with E-state index in [-0.39, 0.29) is 0 Å². The summed E-state index contributed by atoms with van der Waals surface area (Å²) in [5, 5.41) is 2.19. The number of nitrogens with zero attached hydrogens (tertiary/aromatic N) is 1. The molecular formula is C13H22N2S. The van der Waals surface area contributed by atoms with Gasteiger partial charge in [-0.2, -0.15) is 0 Å². The lowest BCUT2D eigenvalue weighted by atomic mass is 9.87. The zero-order chi connectivity index (χ0) is 11.5. The predicted molar refractivity (Wildman–Crippen MR) is 70.7 cm³/mol. The van der Waals surface area contributed by atoms with Crippen LogP contribution in [-0.2, 0) is 6.54 Å². The quantitative estimate of drug-likeness (QED) is 0.876. The van der Waals surface area contributed by atoms with Crippen LogP contribution < -0.4 is 5.73 Å². The largest absolute Gasteiger partial charge is 0.330 e. The Morgan fingerprint density at radius 3 is 3.00 bits per heavy atom. The summed E-state index contributed by atoms with van der Waals surface area (Å²) in [7, 11) is 0. The van der Waals surface area contributed by atoms with Crippen molar-refractivity contribution in [1.82, 2.24) is 4.90 Å². The zero-order valence-corrected chi connectivity index (χ0v) is 11.1. The first kappa shape index (κ1) is 12.1. The van der Waals surface area contributed by atoms with Gasteiger partial charge in [0.05, 0.1) is 0 Å². The molecule has 2 nitrogen and oxygen atoms in total. The Balaban J connectivity index is 1.94. The van der Waals surface area contributed by atoms with Gasteiger partial charge in [-0.1, -0.05) is 6.92 Å². The van der Waals surface area contributed by atoms with Crippen LogP contribution >= 0.6 is 11.3 Å². The van der Waals surface area contributed by atoms with Crippen LogP contribution in [0.25, 0.3) is 0 Å². The third-order valence-electron chi connectivity index (χ3n) is 3.84. The third-order valence-corrected chi connectivity index (χ3v) is 4.84. The number of nitrogens with two attached hydrogens (primary N) is 1. The highest BCUT2D eigenvalue weighted by molar-refractivity contribution is 7.10. The fraction of sp³-hybridized carbons (Fsp3) is 0.692. The van der Waals surface area contributed by atoms with Gasteiger partial charge in [0.1, 0.15) is 0 Å². The van der Waals surface area contributed by atoms with E-state index in [1.165, 1.54) is 30.0 Å². The van der Waals surface area contributed by atoms with Gasteiger partial charge in [-0.3, -0.25) is 4.90 Å². The van der Waals surface area contributed by atoms with Crippen molar-refractivity contribution < 1.29 is 0 Å². The van der Waals surface area contributed by atoms with Gasteiger partial charge in [0.25, 0.3) is 0 Å². The van der Waals surface area contributed by atoms with Gasteiger partial charge in [-0.25, -0.2) is 0 Å². The summed E-state index contributed by atoms with van der Waals surface area (Å²) in [5.74, 6) is 1.49. The first-order valence-corrected chi connectivity index (χ1v) is 7.04. The first-order valence-electron chi connectivity index (χ1n) is 6.16. The number of thiophene rings is 1. The Bertz CT molecular complexity index is 334. The smallest absolute Gasteiger partial charge is 0.0330 e. The number of hydrogen-bond acceptors (Lipinski definition) is 3. The summed E-state index contributed by atoms with van der Waals surface area (Å²) in [6, 6.07) is 2.22. The maximum atomic E-state index is 5.84. The molecule has 1 saturated heterocycles. The van der Waals surface area contributed by atoms with Crippen LogP contribution in [0, 0.1) is 18.8 Å². The van der Waals surface area contributed by atoms with E-state index in [2.05, 4.69) is 30.2 Å². The fourth-order valence-corrected chi connectivity index (χ4v) is 3.39. The molecule has 2 rings (SSSR count). The molecule has 90 valence electrons. The van der Waals surface area contributed by atoms with Crippen molar-refractivity contribution in [2.24, 2.45) is 17.6 Å². The first-order chi connectivity index (χ1) is 7.70.